The first kappa shape index (κ1) is 30.0. The average Bonchev–Trinajstić information content (AvgIpc) is 3.03. The van der Waals surface area contributed by atoms with E-state index in [1.165, 1.54) is 17.7 Å². The highest BCUT2D eigenvalue weighted by Crippen LogP contribution is 2.52. The summed E-state index contributed by atoms with van der Waals surface area (Å²) in [7, 11) is 0. The van der Waals surface area contributed by atoms with Crippen molar-refractivity contribution in [2.45, 2.75) is 64.5 Å². The maximum Gasteiger partial charge on any atom is 0.416 e. The van der Waals surface area contributed by atoms with Crippen LogP contribution in [0.1, 0.15) is 61.1 Å². The van der Waals surface area contributed by atoms with Gasteiger partial charge < -0.3 is 14.2 Å². The molecule has 0 atom stereocenters. The van der Waals surface area contributed by atoms with Crippen LogP contribution in [0.3, 0.4) is 0 Å². The SMILES string of the molecule is CC(C)Oc1ccc(C2(c3ccc(OC(C)C)cc3)C=Cc3c4c(c5ccc(C(F)(F)F)cc5c3O2)-c2ccccc2CC4)cc1. The molecule has 1 heterocycles. The molecule has 3 nitrogen and oxygen atoms in total. The molecule has 46 heavy (non-hydrogen) atoms. The summed E-state index contributed by atoms with van der Waals surface area (Å²) in [5.41, 5.74) is 4.97. The monoisotopic (exact) mass is 620 g/mol. The van der Waals surface area contributed by atoms with Crippen molar-refractivity contribution in [3.05, 3.63) is 130 Å². The molecule has 0 radical (unpaired) electrons. The van der Waals surface area contributed by atoms with E-state index in [0.29, 0.717) is 11.1 Å². The summed E-state index contributed by atoms with van der Waals surface area (Å²) in [6.45, 7) is 7.89. The molecule has 5 aromatic rings. The van der Waals surface area contributed by atoms with Crippen LogP contribution in [-0.4, -0.2) is 12.2 Å². The summed E-state index contributed by atoms with van der Waals surface area (Å²) < 4.78 is 61.5. The van der Waals surface area contributed by atoms with Gasteiger partial charge >= 0.3 is 6.18 Å². The second-order valence-electron chi connectivity index (χ2n) is 12.6. The van der Waals surface area contributed by atoms with E-state index in [2.05, 4.69) is 12.1 Å². The number of fused-ring (bicyclic) bond motifs is 8. The van der Waals surface area contributed by atoms with E-state index in [0.717, 1.165) is 63.1 Å². The van der Waals surface area contributed by atoms with Crippen molar-refractivity contribution in [1.82, 2.24) is 0 Å². The fourth-order valence-corrected chi connectivity index (χ4v) is 6.78. The predicted molar refractivity (Wildman–Crippen MR) is 177 cm³/mol. The number of hydrogen-bond donors (Lipinski definition) is 0. The second kappa shape index (κ2) is 11.3. The van der Waals surface area contributed by atoms with Gasteiger partial charge in [0.15, 0.2) is 5.60 Å². The third kappa shape index (κ3) is 5.20. The third-order valence-corrected chi connectivity index (χ3v) is 8.72. The molecule has 1 aliphatic heterocycles. The van der Waals surface area contributed by atoms with Crippen molar-refractivity contribution in [2.24, 2.45) is 0 Å². The summed E-state index contributed by atoms with van der Waals surface area (Å²) >= 11 is 0. The van der Waals surface area contributed by atoms with Crippen LogP contribution in [-0.2, 0) is 24.6 Å². The highest BCUT2D eigenvalue weighted by Gasteiger charge is 2.40. The molecule has 7 rings (SSSR count). The molecular formula is C40H35F3O3. The molecule has 6 heteroatoms. The van der Waals surface area contributed by atoms with Gasteiger partial charge in [-0.1, -0.05) is 60.7 Å². The minimum Gasteiger partial charge on any atom is -0.491 e. The third-order valence-electron chi connectivity index (χ3n) is 8.72. The van der Waals surface area contributed by atoms with Crippen molar-refractivity contribution in [1.29, 1.82) is 0 Å². The largest absolute Gasteiger partial charge is 0.491 e. The summed E-state index contributed by atoms with van der Waals surface area (Å²) in [5, 5.41) is 1.19. The summed E-state index contributed by atoms with van der Waals surface area (Å²) in [4.78, 5) is 0. The lowest BCUT2D eigenvalue weighted by atomic mass is 9.77. The molecule has 5 aromatic carbocycles. The zero-order chi connectivity index (χ0) is 32.2. The Kier molecular flexibility index (Phi) is 7.34. The van der Waals surface area contributed by atoms with Crippen molar-refractivity contribution in [3.8, 4) is 28.4 Å². The Morgan fingerprint density at radius 1 is 0.717 bits per heavy atom. The fraction of sp³-hybridized carbons (Fsp3) is 0.250. The Bertz CT molecular complexity index is 1900. The Balaban J connectivity index is 1.47. The van der Waals surface area contributed by atoms with Gasteiger partial charge in [0, 0.05) is 22.1 Å². The van der Waals surface area contributed by atoms with Crippen molar-refractivity contribution < 1.29 is 27.4 Å². The van der Waals surface area contributed by atoms with E-state index in [-0.39, 0.29) is 12.2 Å². The molecule has 0 spiro atoms. The number of halogens is 3. The molecule has 0 aromatic heterocycles. The predicted octanol–water partition coefficient (Wildman–Crippen LogP) is 10.5. The van der Waals surface area contributed by atoms with E-state index < -0.39 is 17.3 Å². The van der Waals surface area contributed by atoms with E-state index in [1.807, 2.05) is 101 Å². The van der Waals surface area contributed by atoms with Crippen molar-refractivity contribution in [3.63, 3.8) is 0 Å². The molecule has 0 amide bonds. The molecular weight excluding hydrogens is 585 g/mol. The lowest BCUT2D eigenvalue weighted by molar-refractivity contribution is -0.137. The molecule has 0 unspecified atom stereocenters. The molecule has 234 valence electrons. The lowest BCUT2D eigenvalue weighted by Crippen LogP contribution is -2.34. The van der Waals surface area contributed by atoms with Crippen LogP contribution in [0.15, 0.2) is 97.1 Å². The maximum absolute atomic E-state index is 14.2. The van der Waals surface area contributed by atoms with E-state index in [9.17, 15) is 13.2 Å². The van der Waals surface area contributed by atoms with Crippen LogP contribution in [0.2, 0.25) is 0 Å². The molecule has 0 bridgehead atoms. The number of ether oxygens (including phenoxy) is 3. The van der Waals surface area contributed by atoms with Gasteiger partial charge in [-0.15, -0.1) is 0 Å². The number of alkyl halides is 3. The molecule has 2 aliphatic rings. The quantitative estimate of drug-likeness (QED) is 0.189. The van der Waals surface area contributed by atoms with Gasteiger partial charge in [0.2, 0.25) is 0 Å². The minimum atomic E-state index is -4.50. The van der Waals surface area contributed by atoms with Crippen LogP contribution >= 0.6 is 0 Å². The summed E-state index contributed by atoms with van der Waals surface area (Å²) in [6, 6.07) is 27.7. The number of aryl methyl sites for hydroxylation is 1. The average molecular weight is 621 g/mol. The van der Waals surface area contributed by atoms with Gasteiger partial charge in [0.25, 0.3) is 0 Å². The lowest BCUT2D eigenvalue weighted by Gasteiger charge is -2.38. The molecule has 1 aliphatic carbocycles. The number of rotatable bonds is 6. The van der Waals surface area contributed by atoms with Crippen LogP contribution in [0.5, 0.6) is 17.2 Å². The topological polar surface area (TPSA) is 27.7 Å². The van der Waals surface area contributed by atoms with Gasteiger partial charge in [0.1, 0.15) is 17.2 Å². The Hall–Kier alpha value is -4.71. The summed E-state index contributed by atoms with van der Waals surface area (Å²) in [6.07, 6.45) is 1.20. The highest BCUT2D eigenvalue weighted by molar-refractivity contribution is 6.06. The number of benzene rings is 5. The van der Waals surface area contributed by atoms with Crippen LogP contribution in [0.25, 0.3) is 28.0 Å². The summed E-state index contributed by atoms with van der Waals surface area (Å²) in [5.74, 6) is 1.90. The standard InChI is InChI=1S/C40H35F3O3/c1-24(2)44-30-15-10-27(11-16-30)39(28-12-17-31(18-13-28)45-25(3)4)22-21-35-33-19-9-26-7-5-6-8-32(26)37(33)34-20-14-29(40(41,42)43)23-36(34)38(35)46-39/h5-8,10-18,20-25H,9,19H2,1-4H3. The zero-order valence-electron chi connectivity index (χ0n) is 26.2. The van der Waals surface area contributed by atoms with Crippen molar-refractivity contribution >= 4 is 16.8 Å². The molecule has 0 saturated heterocycles. The Morgan fingerprint density at radius 2 is 1.33 bits per heavy atom. The first-order valence-electron chi connectivity index (χ1n) is 15.7. The van der Waals surface area contributed by atoms with Crippen LogP contribution in [0, 0.1) is 0 Å². The first-order chi connectivity index (χ1) is 22.0. The smallest absolute Gasteiger partial charge is 0.416 e. The molecule has 0 fully saturated rings. The van der Waals surface area contributed by atoms with Gasteiger partial charge in [-0.2, -0.15) is 13.2 Å². The second-order valence-corrected chi connectivity index (χ2v) is 12.6. The van der Waals surface area contributed by atoms with Gasteiger partial charge in [0.05, 0.1) is 17.8 Å². The Morgan fingerprint density at radius 3 is 1.91 bits per heavy atom. The van der Waals surface area contributed by atoms with Gasteiger partial charge in [-0.25, -0.2) is 0 Å². The first-order valence-corrected chi connectivity index (χ1v) is 15.7. The zero-order valence-corrected chi connectivity index (χ0v) is 26.2. The van der Waals surface area contributed by atoms with Gasteiger partial charge in [-0.05, 0) is 111 Å². The van der Waals surface area contributed by atoms with E-state index in [1.54, 1.807) is 6.07 Å². The minimum absolute atomic E-state index is 0.0107. The van der Waals surface area contributed by atoms with E-state index in [4.69, 9.17) is 14.2 Å². The van der Waals surface area contributed by atoms with Gasteiger partial charge in [-0.3, -0.25) is 0 Å². The molecule has 0 saturated carbocycles. The Labute approximate surface area is 267 Å². The fourth-order valence-electron chi connectivity index (χ4n) is 6.78. The number of hydrogen-bond acceptors (Lipinski definition) is 3. The van der Waals surface area contributed by atoms with Crippen molar-refractivity contribution in [2.75, 3.05) is 0 Å². The van der Waals surface area contributed by atoms with E-state index >= 15 is 0 Å². The highest BCUT2D eigenvalue weighted by atomic mass is 19.4. The maximum atomic E-state index is 14.2. The normalized spacial score (nSPS) is 14.9. The van der Waals surface area contributed by atoms with Crippen LogP contribution < -0.4 is 14.2 Å². The molecule has 0 N–H and O–H groups in total. The van der Waals surface area contributed by atoms with Crippen LogP contribution in [0.4, 0.5) is 13.2 Å².